The molecule has 1 N–H and O–H groups in total. The number of nitrogens with one attached hydrogen (secondary N) is 1. The average Bonchev–Trinajstić information content (AvgIpc) is 2.91. The summed E-state index contributed by atoms with van der Waals surface area (Å²) >= 11 is 5.02. The normalized spacial score (nSPS) is 12.6. The second-order valence-electron chi connectivity index (χ2n) is 4.75. The molecule has 0 aliphatic carbocycles. The van der Waals surface area contributed by atoms with Crippen LogP contribution in [0.25, 0.3) is 0 Å². The van der Waals surface area contributed by atoms with Crippen molar-refractivity contribution in [1.29, 1.82) is 0 Å². The fourth-order valence-electron chi connectivity index (χ4n) is 2.02. The van der Waals surface area contributed by atoms with E-state index in [1.54, 1.807) is 29.5 Å². The Morgan fingerprint density at radius 2 is 2.14 bits per heavy atom. The summed E-state index contributed by atoms with van der Waals surface area (Å²) in [5, 5.41) is 7.50. The van der Waals surface area contributed by atoms with Gasteiger partial charge in [-0.1, -0.05) is 15.9 Å². The van der Waals surface area contributed by atoms with E-state index in [4.69, 9.17) is 0 Å². The zero-order valence-electron chi connectivity index (χ0n) is 11.5. The third-order valence-electron chi connectivity index (χ3n) is 3.00. The lowest BCUT2D eigenvalue weighted by Crippen LogP contribution is -2.27. The van der Waals surface area contributed by atoms with Gasteiger partial charge in [0, 0.05) is 22.6 Å². The Kier molecular flexibility index (Phi) is 6.14. The molecule has 1 aromatic carbocycles. The van der Waals surface area contributed by atoms with Crippen LogP contribution in [0.5, 0.6) is 5.75 Å². The third kappa shape index (κ3) is 5.37. The average molecular weight is 376 g/mol. The molecule has 0 aliphatic heterocycles. The van der Waals surface area contributed by atoms with Crippen LogP contribution in [0.4, 0.5) is 8.78 Å². The van der Waals surface area contributed by atoms with Crippen LogP contribution in [0.1, 0.15) is 18.1 Å². The Hall–Kier alpha value is -0.980. The molecule has 0 radical (unpaired) electrons. The highest BCUT2D eigenvalue weighted by molar-refractivity contribution is 9.10. The molecule has 0 saturated carbocycles. The van der Waals surface area contributed by atoms with Gasteiger partial charge in [0.05, 0.1) is 0 Å². The van der Waals surface area contributed by atoms with Gasteiger partial charge in [0.2, 0.25) is 0 Å². The van der Waals surface area contributed by atoms with Crippen molar-refractivity contribution in [3.8, 4) is 5.75 Å². The Balaban J connectivity index is 1.96. The van der Waals surface area contributed by atoms with E-state index in [2.05, 4.69) is 44.4 Å². The van der Waals surface area contributed by atoms with Gasteiger partial charge in [-0.3, -0.25) is 0 Å². The first-order chi connectivity index (χ1) is 10.0. The zero-order chi connectivity index (χ0) is 15.2. The number of hydrogen-bond donors (Lipinski definition) is 1. The van der Waals surface area contributed by atoms with Crippen LogP contribution < -0.4 is 10.1 Å². The van der Waals surface area contributed by atoms with Crippen molar-refractivity contribution in [2.45, 2.75) is 32.5 Å². The predicted molar refractivity (Wildman–Crippen MR) is 85.1 cm³/mol. The van der Waals surface area contributed by atoms with Crippen LogP contribution in [-0.2, 0) is 13.0 Å². The van der Waals surface area contributed by atoms with Crippen molar-refractivity contribution in [2.75, 3.05) is 0 Å². The second-order valence-corrected chi connectivity index (χ2v) is 6.44. The number of hydrogen-bond acceptors (Lipinski definition) is 3. The summed E-state index contributed by atoms with van der Waals surface area (Å²) in [6.07, 6.45) is 0.905. The lowest BCUT2D eigenvalue weighted by atomic mass is 10.1. The summed E-state index contributed by atoms with van der Waals surface area (Å²) in [6.45, 7) is -0.260. The van der Waals surface area contributed by atoms with Crippen molar-refractivity contribution >= 4 is 27.3 Å². The first-order valence-corrected chi connectivity index (χ1v) is 8.26. The number of benzene rings is 1. The number of thiophene rings is 1. The molecule has 0 spiro atoms. The molecule has 6 heteroatoms. The van der Waals surface area contributed by atoms with Gasteiger partial charge in [-0.05, 0) is 53.9 Å². The van der Waals surface area contributed by atoms with Crippen LogP contribution in [0.3, 0.4) is 0 Å². The van der Waals surface area contributed by atoms with Gasteiger partial charge >= 0.3 is 6.61 Å². The summed E-state index contributed by atoms with van der Waals surface area (Å²) < 4.78 is 30.2. The van der Waals surface area contributed by atoms with Gasteiger partial charge in [-0.15, -0.1) is 0 Å². The van der Waals surface area contributed by atoms with Crippen LogP contribution in [0.2, 0.25) is 0 Å². The molecule has 2 aromatic rings. The van der Waals surface area contributed by atoms with Crippen LogP contribution in [-0.4, -0.2) is 12.7 Å². The molecule has 0 amide bonds. The van der Waals surface area contributed by atoms with Crippen LogP contribution in [0, 0.1) is 0 Å². The molecule has 0 fully saturated rings. The molecule has 1 unspecified atom stereocenters. The fourth-order valence-corrected chi connectivity index (χ4v) is 3.11. The second kappa shape index (κ2) is 7.87. The van der Waals surface area contributed by atoms with E-state index < -0.39 is 6.61 Å². The Morgan fingerprint density at radius 3 is 2.81 bits per heavy atom. The van der Waals surface area contributed by atoms with Crippen molar-refractivity contribution in [1.82, 2.24) is 5.32 Å². The third-order valence-corrected chi connectivity index (χ3v) is 4.23. The van der Waals surface area contributed by atoms with E-state index in [0.29, 0.717) is 12.1 Å². The van der Waals surface area contributed by atoms with Gasteiger partial charge in [0.25, 0.3) is 0 Å². The van der Waals surface area contributed by atoms with Crippen molar-refractivity contribution in [2.24, 2.45) is 0 Å². The lowest BCUT2D eigenvalue weighted by molar-refractivity contribution is -0.0505. The number of ether oxygens (including phenoxy) is 1. The lowest BCUT2D eigenvalue weighted by Gasteiger charge is -2.16. The first kappa shape index (κ1) is 16.4. The summed E-state index contributed by atoms with van der Waals surface area (Å²) in [5.41, 5.74) is 1.99. The molecular weight excluding hydrogens is 360 g/mol. The molecule has 2 rings (SSSR count). The van der Waals surface area contributed by atoms with Gasteiger partial charge < -0.3 is 10.1 Å². The number of alkyl halides is 2. The molecule has 1 heterocycles. The molecule has 0 bridgehead atoms. The quantitative estimate of drug-likeness (QED) is 0.747. The first-order valence-electron chi connectivity index (χ1n) is 6.52. The summed E-state index contributed by atoms with van der Waals surface area (Å²) in [7, 11) is 0. The van der Waals surface area contributed by atoms with Crippen molar-refractivity contribution in [3.63, 3.8) is 0 Å². The minimum Gasteiger partial charge on any atom is -0.434 e. The van der Waals surface area contributed by atoms with Gasteiger partial charge in [0.1, 0.15) is 5.75 Å². The summed E-state index contributed by atoms with van der Waals surface area (Å²) in [5.74, 6) is 0.212. The maximum absolute atomic E-state index is 12.4. The molecule has 1 atom stereocenters. The maximum Gasteiger partial charge on any atom is 0.387 e. The van der Waals surface area contributed by atoms with Gasteiger partial charge in [0.15, 0.2) is 0 Å². The Bertz CT molecular complexity index is 563. The van der Waals surface area contributed by atoms with Crippen molar-refractivity contribution in [3.05, 3.63) is 50.6 Å². The zero-order valence-corrected chi connectivity index (χ0v) is 13.9. The van der Waals surface area contributed by atoms with E-state index in [9.17, 15) is 8.78 Å². The minimum absolute atomic E-state index is 0.212. The fraction of sp³-hybridized carbons (Fsp3) is 0.333. The molecule has 2 nitrogen and oxygen atoms in total. The highest BCUT2D eigenvalue weighted by Crippen LogP contribution is 2.25. The van der Waals surface area contributed by atoms with E-state index in [0.717, 1.165) is 10.9 Å². The molecule has 0 saturated heterocycles. The minimum atomic E-state index is -2.81. The molecular formula is C15H16BrF2NOS. The predicted octanol–water partition coefficient (Wildman–Crippen LogP) is 4.83. The monoisotopic (exact) mass is 375 g/mol. The van der Waals surface area contributed by atoms with E-state index in [-0.39, 0.29) is 11.8 Å². The SMILES string of the molecule is CC(Cc1ccsc1)NCc1cc(Br)ccc1OC(F)F. The van der Waals surface area contributed by atoms with Gasteiger partial charge in [-0.2, -0.15) is 20.1 Å². The maximum atomic E-state index is 12.4. The van der Waals surface area contributed by atoms with E-state index in [1.807, 2.05) is 5.38 Å². The Labute approximate surface area is 135 Å². The van der Waals surface area contributed by atoms with Crippen molar-refractivity contribution < 1.29 is 13.5 Å². The number of halogens is 3. The molecule has 1 aromatic heterocycles. The van der Waals surface area contributed by atoms with Crippen LogP contribution in [0.15, 0.2) is 39.5 Å². The highest BCUT2D eigenvalue weighted by atomic mass is 79.9. The number of rotatable bonds is 7. The summed E-state index contributed by atoms with van der Waals surface area (Å²) in [4.78, 5) is 0. The molecule has 0 aliphatic rings. The van der Waals surface area contributed by atoms with Gasteiger partial charge in [-0.25, -0.2) is 0 Å². The topological polar surface area (TPSA) is 21.3 Å². The summed E-state index contributed by atoms with van der Waals surface area (Å²) in [6, 6.07) is 7.38. The Morgan fingerprint density at radius 1 is 1.33 bits per heavy atom. The van der Waals surface area contributed by atoms with E-state index >= 15 is 0 Å². The standard InChI is InChI=1S/C15H16BrF2NOS/c1-10(6-11-4-5-21-9-11)19-8-12-7-13(16)2-3-14(12)20-15(17)18/h2-5,7,9-10,15,19H,6,8H2,1H3. The van der Waals surface area contributed by atoms with E-state index in [1.165, 1.54) is 5.56 Å². The highest BCUT2D eigenvalue weighted by Gasteiger charge is 2.11. The largest absolute Gasteiger partial charge is 0.434 e. The smallest absolute Gasteiger partial charge is 0.387 e. The molecule has 21 heavy (non-hydrogen) atoms. The molecule has 114 valence electrons. The van der Waals surface area contributed by atoms with Crippen LogP contribution >= 0.6 is 27.3 Å².